The molecule has 0 aromatic heterocycles. The summed E-state index contributed by atoms with van der Waals surface area (Å²) < 4.78 is 28.1. The molecule has 0 aliphatic heterocycles. The highest BCUT2D eigenvalue weighted by molar-refractivity contribution is 5.90. The molecule has 1 aliphatic carbocycles. The quantitative estimate of drug-likeness (QED) is 0.672. The Morgan fingerprint density at radius 1 is 1.69 bits per heavy atom. The van der Waals surface area contributed by atoms with E-state index in [1.165, 1.54) is 7.11 Å². The summed E-state index contributed by atoms with van der Waals surface area (Å²) in [5, 5.41) is 3.59. The molecule has 1 rings (SSSR count). The molecule has 0 heterocycles. The first kappa shape index (κ1) is 9.88. The number of nitrogens with zero attached hydrogens (tertiary/aromatic N) is 1. The van der Waals surface area contributed by atoms with Gasteiger partial charge in [0.05, 0.1) is 7.11 Å². The minimum absolute atomic E-state index is 0.252. The van der Waals surface area contributed by atoms with Crippen LogP contribution >= 0.6 is 0 Å². The van der Waals surface area contributed by atoms with Gasteiger partial charge < -0.3 is 4.74 Å². The normalized spacial score (nSPS) is 20.9. The number of nitrogens with one attached hydrogen (secondary N) is 1. The average Bonchev–Trinajstić information content (AvgIpc) is 2.00. The Kier molecular flexibility index (Phi) is 3.16. The molecule has 13 heavy (non-hydrogen) atoms. The van der Waals surface area contributed by atoms with Crippen molar-refractivity contribution in [3.8, 4) is 0 Å². The van der Waals surface area contributed by atoms with Gasteiger partial charge in [-0.25, -0.2) is 19.0 Å². The van der Waals surface area contributed by atoms with Gasteiger partial charge in [-0.2, -0.15) is 5.10 Å². The molecule has 0 radical (unpaired) electrons. The third kappa shape index (κ3) is 2.64. The highest BCUT2D eigenvalue weighted by Gasteiger charge is 2.32. The minimum atomic E-state index is -2.29. The lowest BCUT2D eigenvalue weighted by Gasteiger charge is -2.26. The molecular weight excluding hydrogens is 182 g/mol. The molecule has 1 fully saturated rings. The van der Waals surface area contributed by atoms with Crippen LogP contribution in [0.5, 0.6) is 0 Å². The van der Waals surface area contributed by atoms with Crippen LogP contribution in [0.3, 0.4) is 0 Å². The lowest BCUT2D eigenvalue weighted by Crippen LogP contribution is -2.32. The van der Waals surface area contributed by atoms with E-state index in [1.807, 2.05) is 0 Å². The van der Waals surface area contributed by atoms with Gasteiger partial charge in [-0.15, -0.1) is 0 Å². The van der Waals surface area contributed by atoms with Gasteiger partial charge in [0.2, 0.25) is 6.43 Å². The van der Waals surface area contributed by atoms with Crippen molar-refractivity contribution >= 4 is 11.8 Å². The summed E-state index contributed by atoms with van der Waals surface area (Å²) in [6, 6.07) is 0. The Bertz CT molecular complexity index is 223. The fraction of sp³-hybridized carbons (Fsp3) is 0.714. The van der Waals surface area contributed by atoms with E-state index >= 15 is 0 Å². The van der Waals surface area contributed by atoms with Crippen molar-refractivity contribution in [1.82, 2.24) is 5.43 Å². The maximum Gasteiger partial charge on any atom is 0.427 e. The summed E-state index contributed by atoms with van der Waals surface area (Å²) in [4.78, 5) is 10.5. The van der Waals surface area contributed by atoms with E-state index in [0.717, 1.165) is 0 Å². The van der Waals surface area contributed by atoms with Crippen LogP contribution in [0.4, 0.5) is 13.6 Å². The van der Waals surface area contributed by atoms with Crippen LogP contribution in [-0.4, -0.2) is 25.3 Å². The number of carbonyl (C=O) groups is 1. The van der Waals surface area contributed by atoms with Crippen molar-refractivity contribution < 1.29 is 18.3 Å². The number of alkyl halides is 2. The molecule has 0 saturated heterocycles. The summed E-state index contributed by atoms with van der Waals surface area (Å²) in [6.45, 7) is 0. The van der Waals surface area contributed by atoms with E-state index in [1.54, 1.807) is 0 Å². The van der Waals surface area contributed by atoms with Crippen LogP contribution in [0.2, 0.25) is 0 Å². The molecule has 1 N–H and O–H groups in total. The third-order valence-corrected chi connectivity index (χ3v) is 1.84. The van der Waals surface area contributed by atoms with Crippen molar-refractivity contribution in [1.29, 1.82) is 0 Å². The van der Waals surface area contributed by atoms with E-state index in [-0.39, 0.29) is 12.8 Å². The third-order valence-electron chi connectivity index (χ3n) is 1.84. The average molecular weight is 192 g/mol. The summed E-state index contributed by atoms with van der Waals surface area (Å²) in [5.41, 5.74) is 2.66. The van der Waals surface area contributed by atoms with Crippen molar-refractivity contribution in [2.45, 2.75) is 19.3 Å². The molecule has 6 heteroatoms. The van der Waals surface area contributed by atoms with Crippen LogP contribution in [0, 0.1) is 5.92 Å². The maximum absolute atomic E-state index is 12.0. The van der Waals surface area contributed by atoms with Gasteiger partial charge in [0.25, 0.3) is 0 Å². The molecule has 1 saturated carbocycles. The summed E-state index contributed by atoms with van der Waals surface area (Å²) >= 11 is 0. The zero-order valence-electron chi connectivity index (χ0n) is 7.09. The van der Waals surface area contributed by atoms with Crippen molar-refractivity contribution in [3.63, 3.8) is 0 Å². The lowest BCUT2D eigenvalue weighted by molar-refractivity contribution is 0.0715. The smallest absolute Gasteiger partial charge is 0.427 e. The number of ether oxygens (including phenoxy) is 1. The molecule has 0 atom stereocenters. The van der Waals surface area contributed by atoms with E-state index < -0.39 is 18.4 Å². The van der Waals surface area contributed by atoms with Gasteiger partial charge >= 0.3 is 6.09 Å². The van der Waals surface area contributed by atoms with Crippen LogP contribution < -0.4 is 5.43 Å². The molecule has 0 bridgehead atoms. The second-order valence-corrected chi connectivity index (χ2v) is 2.78. The first-order chi connectivity index (χ1) is 6.13. The standard InChI is InChI=1S/C7H10F2N2O2/c1-13-7(12)11-10-5-2-4(3-5)6(8)9/h4,6H,2-3H2,1H3,(H,11,12). The fourth-order valence-electron chi connectivity index (χ4n) is 0.985. The van der Waals surface area contributed by atoms with Crippen LogP contribution in [0.1, 0.15) is 12.8 Å². The minimum Gasteiger partial charge on any atom is -0.452 e. The Labute approximate surface area is 73.9 Å². The number of rotatable bonds is 2. The van der Waals surface area contributed by atoms with Gasteiger partial charge in [-0.05, 0) is 12.8 Å². The monoisotopic (exact) mass is 192 g/mol. The molecule has 4 nitrogen and oxygen atoms in total. The first-order valence-electron chi connectivity index (χ1n) is 3.81. The molecule has 1 aliphatic rings. The molecule has 1 amide bonds. The molecular formula is C7H10F2N2O2. The molecule has 0 unspecified atom stereocenters. The van der Waals surface area contributed by atoms with Crippen LogP contribution in [0.15, 0.2) is 5.10 Å². The molecule has 0 aromatic rings. The largest absolute Gasteiger partial charge is 0.452 e. The second kappa shape index (κ2) is 4.15. The number of hydrogen-bond donors (Lipinski definition) is 1. The predicted molar refractivity (Wildman–Crippen MR) is 41.7 cm³/mol. The topological polar surface area (TPSA) is 50.7 Å². The Balaban J connectivity index is 2.23. The van der Waals surface area contributed by atoms with E-state index in [9.17, 15) is 13.6 Å². The molecule has 0 aromatic carbocycles. The van der Waals surface area contributed by atoms with Crippen molar-refractivity contribution in [2.24, 2.45) is 11.0 Å². The van der Waals surface area contributed by atoms with Gasteiger partial charge in [0, 0.05) is 11.6 Å². The highest BCUT2D eigenvalue weighted by Crippen LogP contribution is 2.29. The van der Waals surface area contributed by atoms with E-state index in [0.29, 0.717) is 5.71 Å². The van der Waals surface area contributed by atoms with E-state index in [4.69, 9.17) is 0 Å². The molecule has 74 valence electrons. The zero-order valence-corrected chi connectivity index (χ0v) is 7.09. The van der Waals surface area contributed by atoms with Gasteiger partial charge in [0.1, 0.15) is 0 Å². The lowest BCUT2D eigenvalue weighted by atomic mass is 9.84. The fourth-order valence-corrected chi connectivity index (χ4v) is 0.985. The first-order valence-corrected chi connectivity index (χ1v) is 3.81. The number of carbonyl (C=O) groups excluding carboxylic acids is 1. The zero-order chi connectivity index (χ0) is 9.84. The summed E-state index contributed by atoms with van der Waals surface area (Å²) in [6.07, 6.45) is -2.48. The van der Waals surface area contributed by atoms with E-state index in [2.05, 4.69) is 15.3 Å². The number of hydrogen-bond acceptors (Lipinski definition) is 3. The number of halogens is 2. The van der Waals surface area contributed by atoms with Gasteiger partial charge in [0.15, 0.2) is 0 Å². The maximum atomic E-state index is 12.0. The predicted octanol–water partition coefficient (Wildman–Crippen LogP) is 1.37. The van der Waals surface area contributed by atoms with Gasteiger partial charge in [-0.3, -0.25) is 0 Å². The Morgan fingerprint density at radius 3 is 2.77 bits per heavy atom. The number of hydrazone groups is 1. The number of methoxy groups -OCH3 is 1. The molecule has 0 spiro atoms. The summed E-state index contributed by atoms with van der Waals surface area (Å²) in [7, 11) is 1.21. The van der Waals surface area contributed by atoms with Crippen LogP contribution in [0.25, 0.3) is 0 Å². The Morgan fingerprint density at radius 2 is 2.31 bits per heavy atom. The Hall–Kier alpha value is -1.20. The number of amides is 1. The second-order valence-electron chi connectivity index (χ2n) is 2.78. The van der Waals surface area contributed by atoms with Crippen molar-refractivity contribution in [2.75, 3.05) is 7.11 Å². The van der Waals surface area contributed by atoms with Crippen LogP contribution in [-0.2, 0) is 4.74 Å². The van der Waals surface area contributed by atoms with Crippen molar-refractivity contribution in [3.05, 3.63) is 0 Å². The van der Waals surface area contributed by atoms with Gasteiger partial charge in [-0.1, -0.05) is 0 Å². The highest BCUT2D eigenvalue weighted by atomic mass is 19.3. The summed E-state index contributed by atoms with van der Waals surface area (Å²) in [5.74, 6) is -0.599. The SMILES string of the molecule is COC(=O)NN=C1CC(C(F)F)C1.